The van der Waals surface area contributed by atoms with Crippen molar-refractivity contribution >= 4 is 12.2 Å². The fraction of sp³-hybridized carbons (Fsp3) is 0.524. The van der Waals surface area contributed by atoms with E-state index in [1.54, 1.807) is 65.0 Å². The van der Waals surface area contributed by atoms with Gasteiger partial charge in [0.25, 0.3) is 0 Å². The third-order valence-electron chi connectivity index (χ3n) is 3.48. The van der Waals surface area contributed by atoms with Crippen LogP contribution in [-0.2, 0) is 25.5 Å². The molecule has 8 nitrogen and oxygen atoms in total. The highest BCUT2D eigenvalue weighted by Gasteiger charge is 2.29. The van der Waals surface area contributed by atoms with Crippen molar-refractivity contribution in [1.82, 2.24) is 4.90 Å². The second-order valence-corrected chi connectivity index (χ2v) is 7.10. The van der Waals surface area contributed by atoms with Crippen molar-refractivity contribution in [3.8, 4) is 5.75 Å². The number of hydrogen-bond donors (Lipinski definition) is 0. The van der Waals surface area contributed by atoms with Crippen molar-refractivity contribution in [2.24, 2.45) is 0 Å². The molecule has 1 rings (SSSR count). The second-order valence-electron chi connectivity index (χ2n) is 7.10. The fourth-order valence-corrected chi connectivity index (χ4v) is 2.07. The average molecular weight is 409 g/mol. The van der Waals surface area contributed by atoms with E-state index in [2.05, 4.69) is 0 Å². The summed E-state index contributed by atoms with van der Waals surface area (Å²) in [7, 11) is 1.54. The molecule has 0 aromatic heterocycles. The Morgan fingerprint density at radius 1 is 1.10 bits per heavy atom. The van der Waals surface area contributed by atoms with Gasteiger partial charge < -0.3 is 23.7 Å². The minimum atomic E-state index is -0.826. The van der Waals surface area contributed by atoms with Crippen molar-refractivity contribution in [1.29, 1.82) is 0 Å². The van der Waals surface area contributed by atoms with Crippen molar-refractivity contribution in [2.75, 3.05) is 27.1 Å². The zero-order valence-corrected chi connectivity index (χ0v) is 18.0. The molecule has 0 aliphatic heterocycles. The fourth-order valence-electron chi connectivity index (χ4n) is 2.07. The van der Waals surface area contributed by atoms with Gasteiger partial charge in [-0.2, -0.15) is 0 Å². The van der Waals surface area contributed by atoms with E-state index in [-0.39, 0.29) is 19.9 Å². The predicted molar refractivity (Wildman–Crippen MR) is 107 cm³/mol. The topological polar surface area (TPSA) is 83.5 Å². The Morgan fingerprint density at radius 2 is 1.79 bits per heavy atom. The quantitative estimate of drug-likeness (QED) is 0.338. The van der Waals surface area contributed by atoms with Crippen LogP contribution in [-0.4, -0.2) is 49.8 Å². The lowest BCUT2D eigenvalue weighted by Gasteiger charge is -2.26. The Hall–Kier alpha value is -2.58. The molecule has 0 unspecified atom stereocenters. The van der Waals surface area contributed by atoms with Crippen LogP contribution in [0.5, 0.6) is 5.75 Å². The molecule has 0 saturated carbocycles. The second kappa shape index (κ2) is 12.1. The van der Waals surface area contributed by atoms with Gasteiger partial charge in [-0.25, -0.2) is 14.5 Å². The number of amides is 2. The molecule has 0 aliphatic carbocycles. The van der Waals surface area contributed by atoms with Crippen LogP contribution in [0.2, 0.25) is 0 Å². The molecule has 0 spiro atoms. The summed E-state index contributed by atoms with van der Waals surface area (Å²) in [5.41, 5.74) is -0.139. The lowest BCUT2D eigenvalue weighted by Crippen LogP contribution is -2.40. The largest absolute Gasteiger partial charge is 0.491 e. The Morgan fingerprint density at radius 3 is 2.41 bits per heavy atom. The van der Waals surface area contributed by atoms with Crippen LogP contribution in [0.15, 0.2) is 36.1 Å². The molecule has 1 aromatic carbocycles. The Bertz CT molecular complexity index is 695. The van der Waals surface area contributed by atoms with E-state index in [1.807, 2.05) is 0 Å². The number of ether oxygens (including phenoxy) is 5. The molecule has 2 amide bonds. The summed E-state index contributed by atoms with van der Waals surface area (Å²) in [4.78, 5) is 26.1. The maximum atomic E-state index is 12.6. The zero-order chi connectivity index (χ0) is 21.9. The summed E-state index contributed by atoms with van der Waals surface area (Å²) < 4.78 is 26.3. The van der Waals surface area contributed by atoms with Gasteiger partial charge in [0.15, 0.2) is 0 Å². The molecule has 0 bridgehead atoms. The van der Waals surface area contributed by atoms with E-state index < -0.39 is 17.8 Å². The van der Waals surface area contributed by atoms with Crippen molar-refractivity contribution in [2.45, 2.75) is 46.8 Å². The first-order chi connectivity index (χ1) is 13.7. The van der Waals surface area contributed by atoms with E-state index >= 15 is 0 Å². The number of allylic oxidation sites excluding steroid dienone is 2. The molecule has 162 valence electrons. The van der Waals surface area contributed by atoms with Gasteiger partial charge in [0.2, 0.25) is 0 Å². The Balaban J connectivity index is 2.97. The minimum absolute atomic E-state index is 0.0696. The standard InChI is InChI=1S/C21H31NO7/c1-7-16(2)28-19(23)22(20(24)29-21(3,4)5)14-17-10-8-9-11-18(17)27-13-12-26-15-25-6/h7-11H,12-15H2,1-6H3/b16-7+. The van der Waals surface area contributed by atoms with Crippen molar-refractivity contribution in [3.05, 3.63) is 41.7 Å². The number of methoxy groups -OCH3 is 1. The van der Waals surface area contributed by atoms with Crippen LogP contribution in [0, 0.1) is 0 Å². The molecule has 0 atom stereocenters. The smallest absolute Gasteiger partial charge is 0.424 e. The average Bonchev–Trinajstić information content (AvgIpc) is 2.65. The monoisotopic (exact) mass is 409 g/mol. The van der Waals surface area contributed by atoms with E-state index in [4.69, 9.17) is 23.7 Å². The third-order valence-corrected chi connectivity index (χ3v) is 3.48. The van der Waals surface area contributed by atoms with Crippen LogP contribution in [0.1, 0.15) is 40.2 Å². The Labute approximate surface area is 172 Å². The first-order valence-electron chi connectivity index (χ1n) is 9.30. The van der Waals surface area contributed by atoms with Crippen molar-refractivity contribution in [3.63, 3.8) is 0 Å². The summed E-state index contributed by atoms with van der Waals surface area (Å²) in [6.07, 6.45) is 0.000112. The lowest BCUT2D eigenvalue weighted by atomic mass is 10.2. The summed E-state index contributed by atoms with van der Waals surface area (Å²) in [5, 5.41) is 0. The summed E-state index contributed by atoms with van der Waals surface area (Å²) >= 11 is 0. The number of carbonyl (C=O) groups is 2. The highest BCUT2D eigenvalue weighted by Crippen LogP contribution is 2.22. The zero-order valence-electron chi connectivity index (χ0n) is 18.0. The third kappa shape index (κ3) is 9.45. The molecule has 0 aliphatic rings. The minimum Gasteiger partial charge on any atom is -0.491 e. The number of carbonyl (C=O) groups excluding carboxylic acids is 2. The van der Waals surface area contributed by atoms with E-state index in [9.17, 15) is 9.59 Å². The first kappa shape index (κ1) is 24.5. The molecule has 0 N–H and O–H groups in total. The van der Waals surface area contributed by atoms with Crippen LogP contribution < -0.4 is 4.74 Å². The van der Waals surface area contributed by atoms with E-state index in [0.29, 0.717) is 23.7 Å². The van der Waals surface area contributed by atoms with Gasteiger partial charge in [-0.1, -0.05) is 18.2 Å². The van der Waals surface area contributed by atoms with Gasteiger partial charge in [-0.05, 0) is 46.8 Å². The molecule has 1 aromatic rings. The van der Waals surface area contributed by atoms with Crippen LogP contribution in [0.25, 0.3) is 0 Å². The highest BCUT2D eigenvalue weighted by atomic mass is 16.7. The highest BCUT2D eigenvalue weighted by molar-refractivity contribution is 5.88. The number of imide groups is 1. The molecular weight excluding hydrogens is 378 g/mol. The van der Waals surface area contributed by atoms with Gasteiger partial charge >= 0.3 is 12.2 Å². The van der Waals surface area contributed by atoms with E-state index in [0.717, 1.165) is 4.90 Å². The van der Waals surface area contributed by atoms with Gasteiger partial charge in [-0.15, -0.1) is 0 Å². The number of nitrogens with zero attached hydrogens (tertiary/aromatic N) is 1. The number of para-hydroxylation sites is 1. The number of hydrogen-bond acceptors (Lipinski definition) is 7. The summed E-state index contributed by atoms with van der Waals surface area (Å²) in [5.74, 6) is 0.904. The lowest BCUT2D eigenvalue weighted by molar-refractivity contribution is -0.0388. The SMILES string of the molecule is C/C=C(\C)OC(=O)N(Cc1ccccc1OCCOCOC)C(=O)OC(C)(C)C. The normalized spacial score (nSPS) is 11.7. The molecule has 0 heterocycles. The van der Waals surface area contributed by atoms with Gasteiger partial charge in [0, 0.05) is 12.7 Å². The summed E-state index contributed by atoms with van der Waals surface area (Å²) in [6, 6.07) is 7.11. The molecule has 0 fully saturated rings. The molecule has 0 saturated heterocycles. The van der Waals surface area contributed by atoms with Crippen LogP contribution in [0.3, 0.4) is 0 Å². The maximum absolute atomic E-state index is 12.6. The predicted octanol–water partition coefficient (Wildman–Crippen LogP) is 4.48. The molecule has 0 radical (unpaired) electrons. The van der Waals surface area contributed by atoms with Crippen molar-refractivity contribution < 1.29 is 33.3 Å². The van der Waals surface area contributed by atoms with E-state index in [1.165, 1.54) is 7.11 Å². The number of rotatable bonds is 9. The van der Waals surface area contributed by atoms with Gasteiger partial charge in [0.05, 0.1) is 13.2 Å². The van der Waals surface area contributed by atoms with Crippen LogP contribution in [0.4, 0.5) is 9.59 Å². The number of benzene rings is 1. The van der Waals surface area contributed by atoms with Crippen LogP contribution >= 0.6 is 0 Å². The first-order valence-corrected chi connectivity index (χ1v) is 9.30. The molecule has 29 heavy (non-hydrogen) atoms. The maximum Gasteiger partial charge on any atom is 0.424 e. The van der Waals surface area contributed by atoms with Gasteiger partial charge in [0.1, 0.15) is 30.5 Å². The van der Waals surface area contributed by atoms with Gasteiger partial charge in [-0.3, -0.25) is 0 Å². The Kier molecular flexibility index (Phi) is 10.2. The molecular formula is C21H31NO7. The molecule has 8 heteroatoms. The summed E-state index contributed by atoms with van der Waals surface area (Å²) in [6.45, 7) is 9.26.